The van der Waals surface area contributed by atoms with Crippen molar-refractivity contribution in [3.63, 3.8) is 0 Å². The van der Waals surface area contributed by atoms with Crippen LogP contribution in [0.1, 0.15) is 25.3 Å². The second-order valence-corrected chi connectivity index (χ2v) is 6.18. The Morgan fingerprint density at radius 2 is 1.97 bits per heavy atom. The molecular formula is C20H23N5O5. The van der Waals surface area contributed by atoms with Crippen LogP contribution in [-0.2, 0) is 4.79 Å². The predicted molar refractivity (Wildman–Crippen MR) is 113 cm³/mol. The minimum Gasteiger partial charge on any atom is -0.494 e. The van der Waals surface area contributed by atoms with E-state index in [1.54, 1.807) is 0 Å². The van der Waals surface area contributed by atoms with Crippen LogP contribution in [-0.4, -0.2) is 36.2 Å². The van der Waals surface area contributed by atoms with E-state index < -0.39 is 16.9 Å². The third kappa shape index (κ3) is 7.97. The van der Waals surface area contributed by atoms with Crippen molar-refractivity contribution in [2.24, 2.45) is 5.10 Å². The van der Waals surface area contributed by atoms with Gasteiger partial charge in [0.15, 0.2) is 0 Å². The number of benzene rings is 2. The van der Waals surface area contributed by atoms with Gasteiger partial charge in [-0.15, -0.1) is 0 Å². The third-order valence-corrected chi connectivity index (χ3v) is 3.77. The van der Waals surface area contributed by atoms with Crippen molar-refractivity contribution < 1.29 is 19.2 Å². The van der Waals surface area contributed by atoms with Gasteiger partial charge in [0, 0.05) is 17.8 Å². The lowest BCUT2D eigenvalue weighted by atomic mass is 10.2. The molecule has 10 nitrogen and oxygen atoms in total. The Morgan fingerprint density at radius 3 is 2.67 bits per heavy atom. The van der Waals surface area contributed by atoms with Crippen LogP contribution < -0.4 is 20.8 Å². The number of unbranched alkanes of at least 4 members (excludes halogenated alkanes) is 1. The van der Waals surface area contributed by atoms with Crippen LogP contribution in [0.15, 0.2) is 53.6 Å². The lowest BCUT2D eigenvalue weighted by molar-refractivity contribution is -0.384. The Bertz CT molecular complexity index is 899. The highest BCUT2D eigenvalue weighted by atomic mass is 16.6. The molecule has 0 aliphatic heterocycles. The summed E-state index contributed by atoms with van der Waals surface area (Å²) in [5.74, 6) is 0.239. The molecule has 0 aliphatic carbocycles. The van der Waals surface area contributed by atoms with Gasteiger partial charge < -0.3 is 15.4 Å². The number of non-ortho nitro benzene ring substituents is 1. The number of hydrazone groups is 1. The van der Waals surface area contributed by atoms with Crippen molar-refractivity contribution >= 4 is 29.5 Å². The SMILES string of the molecule is CCCCOc1ccc(/C=N/NC(=O)CNC(=O)Nc2cccc([N+](=O)[O-])c2)cc1. The topological polar surface area (TPSA) is 135 Å². The largest absolute Gasteiger partial charge is 0.494 e. The van der Waals surface area contributed by atoms with Crippen molar-refractivity contribution in [2.45, 2.75) is 19.8 Å². The van der Waals surface area contributed by atoms with E-state index in [9.17, 15) is 19.7 Å². The number of hydrogen-bond donors (Lipinski definition) is 3. The summed E-state index contributed by atoms with van der Waals surface area (Å²) in [6.45, 7) is 2.44. The highest BCUT2D eigenvalue weighted by Gasteiger charge is 2.09. The van der Waals surface area contributed by atoms with Gasteiger partial charge in [0.1, 0.15) is 12.3 Å². The van der Waals surface area contributed by atoms with Crippen LogP contribution in [0.25, 0.3) is 0 Å². The highest BCUT2D eigenvalue weighted by molar-refractivity contribution is 5.92. The summed E-state index contributed by atoms with van der Waals surface area (Å²) in [7, 11) is 0. The number of anilines is 1. The minimum atomic E-state index is -0.673. The molecule has 10 heteroatoms. The van der Waals surface area contributed by atoms with Gasteiger partial charge in [-0.3, -0.25) is 14.9 Å². The maximum absolute atomic E-state index is 11.8. The first-order chi connectivity index (χ1) is 14.5. The lowest BCUT2D eigenvalue weighted by Crippen LogP contribution is -2.37. The van der Waals surface area contributed by atoms with E-state index in [2.05, 4.69) is 28.1 Å². The van der Waals surface area contributed by atoms with Gasteiger partial charge in [-0.1, -0.05) is 19.4 Å². The maximum atomic E-state index is 11.8. The molecule has 2 rings (SSSR count). The summed E-state index contributed by atoms with van der Waals surface area (Å²) in [4.78, 5) is 33.7. The average Bonchev–Trinajstić information content (AvgIpc) is 2.74. The quantitative estimate of drug-likeness (QED) is 0.238. The first-order valence-electron chi connectivity index (χ1n) is 9.32. The van der Waals surface area contributed by atoms with Crippen molar-refractivity contribution in [1.82, 2.24) is 10.7 Å². The van der Waals surface area contributed by atoms with Crippen LogP contribution >= 0.6 is 0 Å². The number of ether oxygens (including phenoxy) is 1. The van der Waals surface area contributed by atoms with Gasteiger partial charge in [0.05, 0.1) is 17.7 Å². The van der Waals surface area contributed by atoms with Crippen LogP contribution in [0.2, 0.25) is 0 Å². The molecule has 0 spiro atoms. The summed E-state index contributed by atoms with van der Waals surface area (Å²) >= 11 is 0. The normalized spacial score (nSPS) is 10.4. The fraction of sp³-hybridized carbons (Fsp3) is 0.250. The first-order valence-corrected chi connectivity index (χ1v) is 9.32. The summed E-state index contributed by atoms with van der Waals surface area (Å²) in [5, 5.41) is 19.3. The fourth-order valence-corrected chi connectivity index (χ4v) is 2.24. The molecule has 0 bridgehead atoms. The van der Waals surface area contributed by atoms with E-state index in [1.807, 2.05) is 24.3 Å². The number of urea groups is 1. The molecule has 0 aromatic heterocycles. The highest BCUT2D eigenvalue weighted by Crippen LogP contribution is 2.16. The van der Waals surface area contributed by atoms with E-state index in [0.717, 1.165) is 24.2 Å². The number of nitrogens with zero attached hydrogens (tertiary/aromatic N) is 2. The van der Waals surface area contributed by atoms with Crippen molar-refractivity contribution in [2.75, 3.05) is 18.5 Å². The van der Waals surface area contributed by atoms with E-state index in [-0.39, 0.29) is 17.9 Å². The zero-order valence-corrected chi connectivity index (χ0v) is 16.5. The molecule has 3 amide bonds. The number of carbonyl (C=O) groups is 2. The maximum Gasteiger partial charge on any atom is 0.319 e. The van der Waals surface area contributed by atoms with Gasteiger partial charge in [-0.2, -0.15) is 5.10 Å². The number of nitro benzene ring substituents is 1. The summed E-state index contributed by atoms with van der Waals surface area (Å²) in [6.07, 6.45) is 3.53. The zero-order chi connectivity index (χ0) is 21.8. The van der Waals surface area contributed by atoms with Crippen molar-refractivity contribution in [1.29, 1.82) is 0 Å². The molecule has 0 aliphatic rings. The van der Waals surface area contributed by atoms with E-state index in [4.69, 9.17) is 4.74 Å². The molecular weight excluding hydrogens is 390 g/mol. The molecule has 2 aromatic carbocycles. The Labute approximate surface area is 173 Å². The second-order valence-electron chi connectivity index (χ2n) is 6.18. The van der Waals surface area contributed by atoms with Crippen LogP contribution in [0, 0.1) is 10.1 Å². The number of carbonyl (C=O) groups excluding carboxylic acids is 2. The summed E-state index contributed by atoms with van der Waals surface area (Å²) in [5.41, 5.74) is 3.16. The molecule has 3 N–H and O–H groups in total. The van der Waals surface area contributed by atoms with E-state index >= 15 is 0 Å². The Hall–Kier alpha value is -3.95. The lowest BCUT2D eigenvalue weighted by Gasteiger charge is -2.07. The molecule has 0 radical (unpaired) electrons. The van der Waals surface area contributed by atoms with Gasteiger partial charge >= 0.3 is 6.03 Å². The van der Waals surface area contributed by atoms with E-state index in [1.165, 1.54) is 30.5 Å². The molecule has 30 heavy (non-hydrogen) atoms. The number of hydrogen-bond acceptors (Lipinski definition) is 6. The number of nitro groups is 1. The van der Waals surface area contributed by atoms with Gasteiger partial charge in [0.25, 0.3) is 11.6 Å². The monoisotopic (exact) mass is 413 g/mol. The molecule has 0 unspecified atom stereocenters. The van der Waals surface area contributed by atoms with Crippen LogP contribution in [0.3, 0.4) is 0 Å². The number of nitrogens with one attached hydrogen (secondary N) is 3. The summed E-state index contributed by atoms with van der Waals surface area (Å²) < 4.78 is 5.57. The molecule has 0 heterocycles. The fourth-order valence-electron chi connectivity index (χ4n) is 2.24. The van der Waals surface area contributed by atoms with Crippen molar-refractivity contribution in [3.8, 4) is 5.75 Å². The van der Waals surface area contributed by atoms with Gasteiger partial charge in [-0.05, 0) is 42.3 Å². The van der Waals surface area contributed by atoms with Crippen LogP contribution in [0.5, 0.6) is 5.75 Å². The molecule has 2 aromatic rings. The predicted octanol–water partition coefficient (Wildman–Crippen LogP) is 3.05. The molecule has 0 saturated heterocycles. The smallest absolute Gasteiger partial charge is 0.319 e. The molecule has 0 atom stereocenters. The minimum absolute atomic E-state index is 0.152. The Morgan fingerprint density at radius 1 is 1.20 bits per heavy atom. The summed E-state index contributed by atoms with van der Waals surface area (Å²) in [6, 6.07) is 12.0. The van der Waals surface area contributed by atoms with Crippen LogP contribution in [0.4, 0.5) is 16.2 Å². The average molecular weight is 413 g/mol. The zero-order valence-electron chi connectivity index (χ0n) is 16.5. The van der Waals surface area contributed by atoms with Gasteiger partial charge in [0.2, 0.25) is 0 Å². The molecule has 0 fully saturated rings. The number of rotatable bonds is 10. The van der Waals surface area contributed by atoms with Gasteiger partial charge in [-0.25, -0.2) is 10.2 Å². The molecule has 158 valence electrons. The first kappa shape index (κ1) is 22.3. The van der Waals surface area contributed by atoms with Crippen molar-refractivity contribution in [3.05, 3.63) is 64.2 Å². The Kier molecular flexibility index (Phi) is 8.78. The molecule has 0 saturated carbocycles. The standard InChI is InChI=1S/C20H23N5O5/c1-2-3-11-30-18-9-7-15(8-10-18)13-22-24-19(26)14-21-20(27)23-16-5-4-6-17(12-16)25(28)29/h4-10,12-13H,2-3,11,14H2,1H3,(H,24,26)(H2,21,23,27)/b22-13+. The number of amides is 3. The Balaban J connectivity index is 1.72. The second kappa shape index (κ2) is 11.8. The van der Waals surface area contributed by atoms with E-state index in [0.29, 0.717) is 6.61 Å². The third-order valence-electron chi connectivity index (χ3n) is 3.77.